The van der Waals surface area contributed by atoms with Gasteiger partial charge in [-0.15, -0.1) is 0 Å². The molecule has 4 nitrogen and oxygen atoms in total. The van der Waals surface area contributed by atoms with E-state index in [4.69, 9.17) is 10.2 Å². The van der Waals surface area contributed by atoms with Crippen molar-refractivity contribution in [2.75, 3.05) is 5.32 Å². The van der Waals surface area contributed by atoms with Crippen LogP contribution in [-0.4, -0.2) is 28.1 Å². The number of anilines is 1. The highest BCUT2D eigenvalue weighted by atomic mass is 19.4. The first-order valence-electron chi connectivity index (χ1n) is 5.46. The van der Waals surface area contributed by atoms with Crippen molar-refractivity contribution in [1.82, 2.24) is 0 Å². The predicted molar refractivity (Wildman–Crippen MR) is 56.1 cm³/mol. The van der Waals surface area contributed by atoms with Gasteiger partial charge < -0.3 is 15.5 Å². The van der Waals surface area contributed by atoms with Gasteiger partial charge in [0.1, 0.15) is 0 Å². The van der Waals surface area contributed by atoms with Crippen molar-refractivity contribution in [2.24, 2.45) is 0 Å². The molecule has 1 aromatic rings. The fourth-order valence-corrected chi connectivity index (χ4v) is 2.00. The van der Waals surface area contributed by atoms with Gasteiger partial charge >= 0.3 is 18.1 Å². The highest BCUT2D eigenvalue weighted by molar-refractivity contribution is 6.06. The molecule has 0 saturated carbocycles. The summed E-state index contributed by atoms with van der Waals surface area (Å²) in [7, 11) is 0. The Hall–Kier alpha value is -1.88. The van der Waals surface area contributed by atoms with Crippen LogP contribution in [0.5, 0.6) is 0 Å². The Morgan fingerprint density at radius 3 is 2.05 bits per heavy atom. The molecule has 0 saturated heterocycles. The topological polar surface area (TPSA) is 69.6 Å². The van der Waals surface area contributed by atoms with E-state index in [1.165, 1.54) is 5.32 Å². The molecule has 0 spiro atoms. The van der Waals surface area contributed by atoms with E-state index in [9.17, 15) is 35.5 Å². The van der Waals surface area contributed by atoms with E-state index in [0.717, 1.165) is 0 Å². The summed E-state index contributed by atoms with van der Waals surface area (Å²) in [6.45, 7) is 0. The summed E-state index contributed by atoms with van der Waals surface area (Å²) in [5, 5.41) is 19.5. The average Bonchev–Trinajstić information content (AvgIpc) is 2.60. The number of alkyl halides is 7. The molecule has 1 aromatic carbocycles. The molecule has 0 aromatic heterocycles. The van der Waals surface area contributed by atoms with Crippen LogP contribution in [0.15, 0.2) is 18.2 Å². The summed E-state index contributed by atoms with van der Waals surface area (Å²) < 4.78 is 89.6. The molecular formula is C11H6F7NO3. The molecule has 3 N–H and O–H groups in total. The Morgan fingerprint density at radius 2 is 1.59 bits per heavy atom. The predicted octanol–water partition coefficient (Wildman–Crippen LogP) is 2.07. The van der Waals surface area contributed by atoms with E-state index in [2.05, 4.69) is 0 Å². The zero-order chi connectivity index (χ0) is 17.1. The van der Waals surface area contributed by atoms with Crippen LogP contribution in [0.2, 0.25) is 0 Å². The summed E-state index contributed by atoms with van der Waals surface area (Å²) in [6, 6.07) is 0.657. The highest BCUT2D eigenvalue weighted by Gasteiger charge is 2.74. The molecule has 0 bridgehead atoms. The zero-order valence-corrected chi connectivity index (χ0v) is 10.2. The van der Waals surface area contributed by atoms with Gasteiger partial charge in [-0.05, 0) is 12.1 Å². The van der Waals surface area contributed by atoms with E-state index >= 15 is 0 Å². The molecule has 122 valence electrons. The van der Waals surface area contributed by atoms with Gasteiger partial charge in [0.15, 0.2) is 0 Å². The van der Waals surface area contributed by atoms with Crippen molar-refractivity contribution in [2.45, 2.75) is 23.8 Å². The van der Waals surface area contributed by atoms with E-state index in [-0.39, 0.29) is 18.2 Å². The Balaban J connectivity index is 2.64. The molecule has 1 amide bonds. The third-order valence-corrected chi connectivity index (χ3v) is 3.15. The van der Waals surface area contributed by atoms with Gasteiger partial charge in [0.2, 0.25) is 0 Å². The first-order valence-corrected chi connectivity index (χ1v) is 5.46. The largest absolute Gasteiger partial charge is 0.447 e. The lowest BCUT2D eigenvalue weighted by Gasteiger charge is -2.33. The van der Waals surface area contributed by atoms with Gasteiger partial charge in [-0.1, -0.05) is 6.07 Å². The van der Waals surface area contributed by atoms with E-state index in [1.54, 1.807) is 0 Å². The van der Waals surface area contributed by atoms with Crippen molar-refractivity contribution in [1.29, 1.82) is 0 Å². The second-order valence-corrected chi connectivity index (χ2v) is 4.54. The lowest BCUT2D eigenvalue weighted by atomic mass is 9.87. The summed E-state index contributed by atoms with van der Waals surface area (Å²) >= 11 is 0. The minimum Gasteiger partial charge on any atom is -0.355 e. The molecule has 1 unspecified atom stereocenters. The van der Waals surface area contributed by atoms with Crippen LogP contribution in [0, 0.1) is 0 Å². The fraction of sp³-hybridized carbons (Fsp3) is 0.364. The molecule has 0 aliphatic carbocycles. The minimum atomic E-state index is -5.97. The van der Waals surface area contributed by atoms with Crippen LogP contribution < -0.4 is 5.32 Å². The summed E-state index contributed by atoms with van der Waals surface area (Å²) in [5.74, 6) is -7.25. The van der Waals surface area contributed by atoms with Crippen LogP contribution >= 0.6 is 0 Å². The van der Waals surface area contributed by atoms with Crippen LogP contribution in [-0.2, 0) is 16.6 Å². The number of aliphatic hydroxyl groups is 2. The molecule has 11 heteroatoms. The number of amides is 1. The number of rotatable bonds is 1. The molecule has 22 heavy (non-hydrogen) atoms. The SMILES string of the molecule is O=C1Nc2cc(C(F)(F)F)ccc2C1(F)C(O)(O)C(F)(F)F. The van der Waals surface area contributed by atoms with Crippen molar-refractivity contribution >= 4 is 11.6 Å². The van der Waals surface area contributed by atoms with Crippen LogP contribution in [0.25, 0.3) is 0 Å². The van der Waals surface area contributed by atoms with Crippen molar-refractivity contribution in [3.63, 3.8) is 0 Å². The number of hydrogen-bond acceptors (Lipinski definition) is 3. The monoisotopic (exact) mass is 333 g/mol. The van der Waals surface area contributed by atoms with Crippen LogP contribution in [0.4, 0.5) is 36.4 Å². The normalized spacial score (nSPS) is 22.5. The van der Waals surface area contributed by atoms with Gasteiger partial charge in [0.05, 0.1) is 5.56 Å². The molecule has 1 atom stereocenters. The third-order valence-electron chi connectivity index (χ3n) is 3.15. The third kappa shape index (κ3) is 2.03. The lowest BCUT2D eigenvalue weighted by Crippen LogP contribution is -2.61. The van der Waals surface area contributed by atoms with E-state index < -0.39 is 46.5 Å². The number of halogens is 7. The smallest absolute Gasteiger partial charge is 0.355 e. The van der Waals surface area contributed by atoms with Gasteiger partial charge in [-0.3, -0.25) is 4.79 Å². The van der Waals surface area contributed by atoms with Crippen LogP contribution in [0.3, 0.4) is 0 Å². The second-order valence-electron chi connectivity index (χ2n) is 4.54. The maximum Gasteiger partial charge on any atom is 0.447 e. The summed E-state index contributed by atoms with van der Waals surface area (Å²) in [5.41, 5.74) is -7.94. The maximum absolute atomic E-state index is 14.5. The zero-order valence-electron chi connectivity index (χ0n) is 10.2. The average molecular weight is 333 g/mol. The number of nitrogens with one attached hydrogen (secondary N) is 1. The number of benzene rings is 1. The molecule has 1 aliphatic heterocycles. The summed E-state index contributed by atoms with van der Waals surface area (Å²) in [6.07, 6.45) is -10.9. The van der Waals surface area contributed by atoms with E-state index in [0.29, 0.717) is 0 Å². The Bertz CT molecular complexity index is 638. The number of carbonyl (C=O) groups excluding carboxylic acids is 1. The second kappa shape index (κ2) is 4.32. The molecule has 2 rings (SSSR count). The molecule has 1 aliphatic rings. The van der Waals surface area contributed by atoms with Gasteiger partial charge in [0, 0.05) is 11.3 Å². The first kappa shape index (κ1) is 16.5. The molecule has 0 radical (unpaired) electrons. The maximum atomic E-state index is 14.5. The van der Waals surface area contributed by atoms with Crippen molar-refractivity contribution in [3.05, 3.63) is 29.3 Å². The van der Waals surface area contributed by atoms with Gasteiger partial charge in [0.25, 0.3) is 11.6 Å². The number of fused-ring (bicyclic) bond motifs is 1. The van der Waals surface area contributed by atoms with Gasteiger partial charge in [-0.2, -0.15) is 26.3 Å². The number of carbonyl (C=O) groups is 1. The molecule has 1 heterocycles. The minimum absolute atomic E-state index is 0.195. The van der Waals surface area contributed by atoms with Gasteiger partial charge in [-0.25, -0.2) is 4.39 Å². The Labute approximate surface area is 117 Å². The highest BCUT2D eigenvalue weighted by Crippen LogP contribution is 2.51. The standard InChI is InChI=1S/C11H6F7NO3/c12-8(10(21,22)11(16,17)18)5-2-1-4(9(13,14)15)3-6(5)19-7(8)20/h1-3,21-22H,(H,19,20). The summed E-state index contributed by atoms with van der Waals surface area (Å²) in [4.78, 5) is 11.4. The van der Waals surface area contributed by atoms with Crippen LogP contribution in [0.1, 0.15) is 11.1 Å². The Morgan fingerprint density at radius 1 is 1.05 bits per heavy atom. The van der Waals surface area contributed by atoms with Crippen molar-refractivity contribution in [3.8, 4) is 0 Å². The lowest BCUT2D eigenvalue weighted by molar-refractivity contribution is -0.386. The number of hydrogen-bond donors (Lipinski definition) is 3. The van der Waals surface area contributed by atoms with Crippen molar-refractivity contribution < 1.29 is 45.7 Å². The fourth-order valence-electron chi connectivity index (χ4n) is 2.00. The Kier molecular flexibility index (Phi) is 3.24. The molecule has 0 fully saturated rings. The quantitative estimate of drug-likeness (QED) is 0.544. The van der Waals surface area contributed by atoms with E-state index in [1.807, 2.05) is 0 Å². The molecular weight excluding hydrogens is 327 g/mol. The first-order chi connectivity index (χ1) is 9.73.